The number of nitrogens with two attached hydrogens (primary N) is 1. The normalized spacial score (nSPS) is 9.60. The van der Waals surface area contributed by atoms with Gasteiger partial charge in [-0.25, -0.2) is 0 Å². The number of para-hydroxylation sites is 1. The van der Waals surface area contributed by atoms with Crippen LogP contribution < -0.4 is 10.5 Å². The zero-order valence-corrected chi connectivity index (χ0v) is 8.69. The number of nitriles is 1. The molecule has 1 rings (SSSR count). The lowest BCUT2D eigenvalue weighted by molar-refractivity contribution is 0.172. The van der Waals surface area contributed by atoms with Crippen LogP contribution in [-0.2, 0) is 4.74 Å². The lowest BCUT2D eigenvalue weighted by Gasteiger charge is -2.08. The molecule has 4 nitrogen and oxygen atoms in total. The van der Waals surface area contributed by atoms with Crippen LogP contribution in [0.25, 0.3) is 0 Å². The first-order valence-electron chi connectivity index (χ1n) is 4.70. The first kappa shape index (κ1) is 11.3. The highest BCUT2D eigenvalue weighted by Crippen LogP contribution is 2.24. The molecule has 15 heavy (non-hydrogen) atoms. The second-order valence-electron chi connectivity index (χ2n) is 3.02. The Hall–Kier alpha value is -1.73. The molecular formula is C11H14N2O2. The van der Waals surface area contributed by atoms with Crippen molar-refractivity contribution in [3.8, 4) is 11.8 Å². The molecule has 0 aliphatic rings. The second-order valence-corrected chi connectivity index (χ2v) is 3.02. The number of rotatable bonds is 5. The highest BCUT2D eigenvalue weighted by molar-refractivity contribution is 5.62. The highest BCUT2D eigenvalue weighted by atomic mass is 16.5. The fourth-order valence-electron chi connectivity index (χ4n) is 1.15. The minimum absolute atomic E-state index is 0.400. The van der Waals surface area contributed by atoms with Gasteiger partial charge >= 0.3 is 0 Å². The molecule has 0 radical (unpaired) electrons. The number of hydrogen-bond acceptors (Lipinski definition) is 4. The molecule has 0 saturated heterocycles. The van der Waals surface area contributed by atoms with Crippen molar-refractivity contribution in [2.45, 2.75) is 6.42 Å². The van der Waals surface area contributed by atoms with E-state index in [9.17, 15) is 0 Å². The van der Waals surface area contributed by atoms with Crippen molar-refractivity contribution in [2.24, 2.45) is 0 Å². The van der Waals surface area contributed by atoms with E-state index in [2.05, 4.69) is 0 Å². The van der Waals surface area contributed by atoms with Crippen molar-refractivity contribution in [1.29, 1.82) is 5.26 Å². The van der Waals surface area contributed by atoms with Gasteiger partial charge in [0.05, 0.1) is 17.9 Å². The minimum Gasteiger partial charge on any atom is -0.491 e. The summed E-state index contributed by atoms with van der Waals surface area (Å²) in [5, 5.41) is 8.75. The Labute approximate surface area is 89.2 Å². The third kappa shape index (κ3) is 3.15. The Morgan fingerprint density at radius 1 is 1.40 bits per heavy atom. The van der Waals surface area contributed by atoms with E-state index in [1.807, 2.05) is 6.07 Å². The third-order valence-corrected chi connectivity index (χ3v) is 1.94. The minimum atomic E-state index is 0.400. The summed E-state index contributed by atoms with van der Waals surface area (Å²) in [5.41, 5.74) is 6.57. The van der Waals surface area contributed by atoms with E-state index in [-0.39, 0.29) is 0 Å². The van der Waals surface area contributed by atoms with Crippen LogP contribution >= 0.6 is 0 Å². The Morgan fingerprint density at radius 3 is 2.87 bits per heavy atom. The molecule has 1 aromatic rings. The number of benzene rings is 1. The van der Waals surface area contributed by atoms with Crippen LogP contribution in [0.4, 0.5) is 5.69 Å². The van der Waals surface area contributed by atoms with Crippen molar-refractivity contribution in [1.82, 2.24) is 0 Å². The van der Waals surface area contributed by atoms with Gasteiger partial charge in [-0.05, 0) is 12.1 Å². The van der Waals surface area contributed by atoms with Crippen molar-refractivity contribution < 1.29 is 9.47 Å². The molecule has 1 aromatic carbocycles. The fraction of sp³-hybridized carbons (Fsp3) is 0.364. The van der Waals surface area contributed by atoms with Crippen LogP contribution in [0.3, 0.4) is 0 Å². The number of anilines is 1. The molecule has 2 N–H and O–H groups in total. The Kier molecular flexibility index (Phi) is 4.45. The van der Waals surface area contributed by atoms with Crippen molar-refractivity contribution in [3.63, 3.8) is 0 Å². The molecular weight excluding hydrogens is 192 g/mol. The lowest BCUT2D eigenvalue weighted by atomic mass is 10.2. The van der Waals surface area contributed by atoms with E-state index in [0.717, 1.165) is 6.42 Å². The molecule has 0 unspecified atom stereocenters. The predicted octanol–water partition coefficient (Wildman–Crippen LogP) is 1.56. The fourth-order valence-corrected chi connectivity index (χ4v) is 1.15. The molecule has 0 amide bonds. The average molecular weight is 206 g/mol. The summed E-state index contributed by atoms with van der Waals surface area (Å²) in [6, 6.07) is 7.18. The third-order valence-electron chi connectivity index (χ3n) is 1.94. The number of hydrogen-bond donors (Lipinski definition) is 1. The largest absolute Gasteiger partial charge is 0.491 e. The van der Waals surface area contributed by atoms with E-state index in [0.29, 0.717) is 30.2 Å². The number of nitrogens with zero attached hydrogens (tertiary/aromatic N) is 1. The summed E-state index contributed by atoms with van der Waals surface area (Å²) < 4.78 is 10.3. The van der Waals surface area contributed by atoms with Gasteiger partial charge in [0.15, 0.2) is 0 Å². The second kappa shape index (κ2) is 5.89. The molecule has 0 bridgehead atoms. The Balaban J connectivity index is 2.58. The molecule has 0 spiro atoms. The standard InChI is InChI=1S/C11H14N2O2/c1-14-6-3-7-15-10-5-2-4-9(8-12)11(10)13/h2,4-5H,3,6-7,13H2,1H3. The first-order valence-corrected chi connectivity index (χ1v) is 4.70. The summed E-state index contributed by atoms with van der Waals surface area (Å²) in [6.07, 6.45) is 0.798. The van der Waals surface area contributed by atoms with Crippen LogP contribution in [-0.4, -0.2) is 20.3 Å². The maximum Gasteiger partial charge on any atom is 0.143 e. The lowest BCUT2D eigenvalue weighted by Crippen LogP contribution is -2.04. The smallest absolute Gasteiger partial charge is 0.143 e. The van der Waals surface area contributed by atoms with Crippen LogP contribution in [0.2, 0.25) is 0 Å². The molecule has 80 valence electrons. The SMILES string of the molecule is COCCCOc1cccc(C#N)c1N. The van der Waals surface area contributed by atoms with Crippen LogP contribution in [0.1, 0.15) is 12.0 Å². The molecule has 0 saturated carbocycles. The predicted molar refractivity (Wildman–Crippen MR) is 57.6 cm³/mol. The highest BCUT2D eigenvalue weighted by Gasteiger charge is 2.04. The van der Waals surface area contributed by atoms with Gasteiger partial charge in [-0.1, -0.05) is 6.07 Å². The quantitative estimate of drug-likeness (QED) is 0.586. The van der Waals surface area contributed by atoms with E-state index < -0.39 is 0 Å². The summed E-state index contributed by atoms with van der Waals surface area (Å²) in [5.74, 6) is 0.560. The van der Waals surface area contributed by atoms with Crippen LogP contribution in [0.5, 0.6) is 5.75 Å². The number of nitrogen functional groups attached to an aromatic ring is 1. The molecule has 0 heterocycles. The monoisotopic (exact) mass is 206 g/mol. The maximum absolute atomic E-state index is 8.75. The van der Waals surface area contributed by atoms with E-state index in [1.54, 1.807) is 25.3 Å². The van der Waals surface area contributed by atoms with Gasteiger partial charge in [0.2, 0.25) is 0 Å². The first-order chi connectivity index (χ1) is 7.29. The topological polar surface area (TPSA) is 68.3 Å². The van der Waals surface area contributed by atoms with Crippen molar-refractivity contribution in [2.75, 3.05) is 26.1 Å². The van der Waals surface area contributed by atoms with Gasteiger partial charge in [-0.3, -0.25) is 0 Å². The van der Waals surface area contributed by atoms with Crippen molar-refractivity contribution in [3.05, 3.63) is 23.8 Å². The van der Waals surface area contributed by atoms with Gasteiger partial charge in [-0.15, -0.1) is 0 Å². The van der Waals surface area contributed by atoms with Crippen LogP contribution in [0, 0.1) is 11.3 Å². The maximum atomic E-state index is 8.75. The van der Waals surface area contributed by atoms with Crippen molar-refractivity contribution >= 4 is 5.69 Å². The average Bonchev–Trinajstić information content (AvgIpc) is 2.26. The van der Waals surface area contributed by atoms with Gasteiger partial charge in [0.1, 0.15) is 11.8 Å². The summed E-state index contributed by atoms with van der Waals surface area (Å²) in [7, 11) is 1.64. The van der Waals surface area contributed by atoms with E-state index >= 15 is 0 Å². The van der Waals surface area contributed by atoms with Gasteiger partial charge < -0.3 is 15.2 Å². The van der Waals surface area contributed by atoms with Gasteiger partial charge in [-0.2, -0.15) is 5.26 Å². The Bertz CT molecular complexity index is 358. The molecule has 4 heteroatoms. The molecule has 0 aliphatic carbocycles. The number of ether oxygens (including phenoxy) is 2. The van der Waals surface area contributed by atoms with E-state index in [1.165, 1.54) is 0 Å². The van der Waals surface area contributed by atoms with Crippen LogP contribution in [0.15, 0.2) is 18.2 Å². The summed E-state index contributed by atoms with van der Waals surface area (Å²) in [4.78, 5) is 0. The molecule has 0 atom stereocenters. The molecule has 0 fully saturated rings. The summed E-state index contributed by atoms with van der Waals surface area (Å²) in [6.45, 7) is 1.19. The van der Waals surface area contributed by atoms with Gasteiger partial charge in [0.25, 0.3) is 0 Å². The molecule has 0 aliphatic heterocycles. The van der Waals surface area contributed by atoms with Gasteiger partial charge in [0, 0.05) is 20.1 Å². The number of methoxy groups -OCH3 is 1. The summed E-state index contributed by atoms with van der Waals surface area (Å²) >= 11 is 0. The zero-order chi connectivity index (χ0) is 11.1. The molecule has 0 aromatic heterocycles. The Morgan fingerprint density at radius 2 is 2.20 bits per heavy atom. The zero-order valence-electron chi connectivity index (χ0n) is 8.69. The van der Waals surface area contributed by atoms with E-state index in [4.69, 9.17) is 20.5 Å².